The van der Waals surface area contributed by atoms with Gasteiger partial charge in [0, 0.05) is 18.5 Å². The molecule has 6 heteroatoms. The molecule has 0 aliphatic heterocycles. The lowest BCUT2D eigenvalue weighted by atomic mass is 9.88. The Morgan fingerprint density at radius 1 is 1.22 bits per heavy atom. The molecule has 170 valence electrons. The van der Waals surface area contributed by atoms with Crippen molar-refractivity contribution in [1.29, 1.82) is 5.26 Å². The third kappa shape index (κ3) is 6.56. The Hall–Kier alpha value is -2.88. The van der Waals surface area contributed by atoms with Crippen molar-refractivity contribution in [2.24, 2.45) is 5.92 Å². The molecule has 6 nitrogen and oxygen atoms in total. The van der Waals surface area contributed by atoms with E-state index in [0.717, 1.165) is 19.3 Å². The van der Waals surface area contributed by atoms with E-state index in [0.29, 0.717) is 29.3 Å². The number of aliphatic carboxylic acids is 1. The fraction of sp³-hybridized carbons (Fsp3) is 0.462. The van der Waals surface area contributed by atoms with Gasteiger partial charge in [-0.15, -0.1) is 0 Å². The van der Waals surface area contributed by atoms with E-state index in [1.165, 1.54) is 11.1 Å². The fourth-order valence-electron chi connectivity index (χ4n) is 4.50. The van der Waals surface area contributed by atoms with E-state index < -0.39 is 12.1 Å². The second-order valence-electron chi connectivity index (χ2n) is 9.28. The molecule has 0 saturated heterocycles. The van der Waals surface area contributed by atoms with Crippen molar-refractivity contribution in [2.45, 2.75) is 57.6 Å². The molecule has 3 rings (SSSR count). The van der Waals surface area contributed by atoms with Gasteiger partial charge in [-0.2, -0.15) is 5.26 Å². The molecule has 1 atom stereocenters. The molecule has 0 amide bonds. The van der Waals surface area contributed by atoms with Gasteiger partial charge >= 0.3 is 5.97 Å². The van der Waals surface area contributed by atoms with Gasteiger partial charge in [0.25, 0.3) is 0 Å². The van der Waals surface area contributed by atoms with E-state index in [2.05, 4.69) is 49.5 Å². The maximum Gasteiger partial charge on any atom is 0.303 e. The number of carbonyl (C=O) groups is 1. The average Bonchev–Trinajstić information content (AvgIpc) is 3.16. The third-order valence-electron chi connectivity index (χ3n) is 6.00. The van der Waals surface area contributed by atoms with Gasteiger partial charge < -0.3 is 20.3 Å². The van der Waals surface area contributed by atoms with Gasteiger partial charge in [0.2, 0.25) is 0 Å². The number of β-amino-alcohol motifs (C(OH)–C–C–N with tert-alkyl or cyclic N) is 1. The van der Waals surface area contributed by atoms with Crippen LogP contribution < -0.4 is 10.1 Å². The zero-order valence-electron chi connectivity index (χ0n) is 18.8. The van der Waals surface area contributed by atoms with Crippen molar-refractivity contribution >= 4 is 5.97 Å². The number of hydrogen-bond donors (Lipinski definition) is 3. The number of benzene rings is 2. The number of nitrogens with one attached hydrogen (secondary N) is 1. The predicted molar refractivity (Wildman–Crippen MR) is 123 cm³/mol. The molecular weight excluding hydrogens is 404 g/mol. The van der Waals surface area contributed by atoms with Crippen LogP contribution >= 0.6 is 0 Å². The van der Waals surface area contributed by atoms with Crippen LogP contribution in [-0.2, 0) is 24.1 Å². The first-order chi connectivity index (χ1) is 15.3. The van der Waals surface area contributed by atoms with Gasteiger partial charge in [-0.1, -0.05) is 36.4 Å². The van der Waals surface area contributed by atoms with Crippen molar-refractivity contribution in [3.8, 4) is 11.8 Å². The zero-order chi connectivity index (χ0) is 23.1. The van der Waals surface area contributed by atoms with Crippen molar-refractivity contribution in [3.05, 3.63) is 64.7 Å². The summed E-state index contributed by atoms with van der Waals surface area (Å²) < 4.78 is 5.79. The molecular formula is C26H32N2O4. The molecule has 0 aromatic heterocycles. The maximum atomic E-state index is 10.9. The number of fused-ring (bicyclic) bond motifs is 1. The number of aliphatic hydroxyl groups is 1. The smallest absolute Gasteiger partial charge is 0.303 e. The Morgan fingerprint density at radius 2 is 1.91 bits per heavy atom. The first-order valence-corrected chi connectivity index (χ1v) is 11.1. The monoisotopic (exact) mass is 436 g/mol. The summed E-state index contributed by atoms with van der Waals surface area (Å²) in [6.45, 7) is 4.69. The first kappa shape index (κ1) is 23.8. The molecule has 0 saturated carbocycles. The molecule has 1 aliphatic rings. The van der Waals surface area contributed by atoms with Gasteiger partial charge in [-0.25, -0.2) is 0 Å². The van der Waals surface area contributed by atoms with E-state index in [4.69, 9.17) is 9.84 Å². The van der Waals surface area contributed by atoms with Crippen LogP contribution in [0.4, 0.5) is 0 Å². The van der Waals surface area contributed by atoms with Crippen LogP contribution in [0.3, 0.4) is 0 Å². The summed E-state index contributed by atoms with van der Waals surface area (Å²) in [6, 6.07) is 15.8. The Kier molecular flexibility index (Phi) is 7.89. The van der Waals surface area contributed by atoms with E-state index in [-0.39, 0.29) is 25.0 Å². The molecule has 0 fully saturated rings. The van der Waals surface area contributed by atoms with Crippen LogP contribution in [0.5, 0.6) is 5.75 Å². The average molecular weight is 437 g/mol. The highest BCUT2D eigenvalue weighted by atomic mass is 16.5. The number of nitriles is 1. The Balaban J connectivity index is 1.50. The normalized spacial score (nSPS) is 14.6. The largest absolute Gasteiger partial charge is 0.489 e. The molecule has 3 N–H and O–H groups in total. The third-order valence-corrected chi connectivity index (χ3v) is 6.00. The number of aryl methyl sites for hydroxylation is 1. The van der Waals surface area contributed by atoms with E-state index in [9.17, 15) is 15.2 Å². The van der Waals surface area contributed by atoms with Crippen molar-refractivity contribution in [3.63, 3.8) is 0 Å². The summed E-state index contributed by atoms with van der Waals surface area (Å²) in [5.41, 5.74) is 3.75. The van der Waals surface area contributed by atoms with Gasteiger partial charge in [-0.05, 0) is 68.2 Å². The number of para-hydroxylation sites is 1. The highest BCUT2D eigenvalue weighted by molar-refractivity contribution is 5.67. The zero-order valence-corrected chi connectivity index (χ0v) is 18.8. The van der Waals surface area contributed by atoms with Gasteiger partial charge in [0.15, 0.2) is 0 Å². The fourth-order valence-corrected chi connectivity index (χ4v) is 4.50. The number of carboxylic acids is 1. The lowest BCUT2D eigenvalue weighted by molar-refractivity contribution is -0.136. The molecule has 32 heavy (non-hydrogen) atoms. The van der Waals surface area contributed by atoms with E-state index in [1.54, 1.807) is 18.2 Å². The number of aliphatic hydroxyl groups excluding tert-OH is 1. The minimum atomic E-state index is -0.907. The van der Waals surface area contributed by atoms with Crippen molar-refractivity contribution in [1.82, 2.24) is 5.32 Å². The van der Waals surface area contributed by atoms with E-state index >= 15 is 0 Å². The van der Waals surface area contributed by atoms with Crippen LogP contribution in [0.25, 0.3) is 0 Å². The SMILES string of the molecule is CC(C)(CC1Cc2ccccc2C1)NC[C@@H](O)COc1c(C#N)cccc1CCC(=O)O. The Bertz CT molecular complexity index is 955. The molecule has 2 aromatic rings. The minimum absolute atomic E-state index is 0.0245. The summed E-state index contributed by atoms with van der Waals surface area (Å²) in [7, 11) is 0. The van der Waals surface area contributed by atoms with Gasteiger partial charge in [0.05, 0.1) is 5.56 Å². The highest BCUT2D eigenvalue weighted by Gasteiger charge is 2.28. The second kappa shape index (κ2) is 10.6. The lowest BCUT2D eigenvalue weighted by Crippen LogP contribution is -2.46. The van der Waals surface area contributed by atoms with Crippen molar-refractivity contribution in [2.75, 3.05) is 13.2 Å². The Morgan fingerprint density at radius 3 is 2.53 bits per heavy atom. The maximum absolute atomic E-state index is 10.9. The predicted octanol–water partition coefficient (Wildman–Crippen LogP) is 3.49. The number of hydrogen-bond acceptors (Lipinski definition) is 5. The summed E-state index contributed by atoms with van der Waals surface area (Å²) in [5, 5.41) is 32.3. The first-order valence-electron chi connectivity index (χ1n) is 11.1. The summed E-state index contributed by atoms with van der Waals surface area (Å²) in [6.07, 6.45) is 2.66. The highest BCUT2D eigenvalue weighted by Crippen LogP contribution is 2.32. The second-order valence-corrected chi connectivity index (χ2v) is 9.28. The summed E-state index contributed by atoms with van der Waals surface area (Å²) >= 11 is 0. The van der Waals surface area contributed by atoms with Crippen molar-refractivity contribution < 1.29 is 19.7 Å². The lowest BCUT2D eigenvalue weighted by Gasteiger charge is -2.30. The molecule has 2 aromatic carbocycles. The number of ether oxygens (including phenoxy) is 1. The van der Waals surface area contributed by atoms with Gasteiger partial charge in [0.1, 0.15) is 24.5 Å². The van der Waals surface area contributed by atoms with Gasteiger partial charge in [-0.3, -0.25) is 4.79 Å². The van der Waals surface area contributed by atoms with Crippen LogP contribution in [0.15, 0.2) is 42.5 Å². The quantitative estimate of drug-likeness (QED) is 0.498. The number of nitrogens with zero attached hydrogens (tertiary/aromatic N) is 1. The minimum Gasteiger partial charge on any atom is -0.489 e. The number of carboxylic acid groups (broad SMARTS) is 1. The molecule has 1 aliphatic carbocycles. The molecule has 0 radical (unpaired) electrons. The number of rotatable bonds is 11. The van der Waals surface area contributed by atoms with E-state index in [1.807, 2.05) is 0 Å². The summed E-state index contributed by atoms with van der Waals surface area (Å²) in [4.78, 5) is 10.9. The summed E-state index contributed by atoms with van der Waals surface area (Å²) in [5.74, 6) is 0.0380. The molecule has 0 unspecified atom stereocenters. The standard InChI is InChI=1S/C26H32N2O4/c1-26(2,14-18-12-20-6-3-4-7-21(20)13-18)28-16-23(29)17-32-25-19(10-11-24(30)31)8-5-9-22(25)15-27/h3-9,18,23,28-29H,10-14,16-17H2,1-2H3,(H,30,31)/t23-/m1/s1. The van der Waals surface area contributed by atoms with Crippen LogP contribution in [0.1, 0.15) is 48.9 Å². The Labute approximate surface area is 189 Å². The molecule has 0 heterocycles. The molecule has 0 bridgehead atoms. The van der Waals surface area contributed by atoms with Crippen LogP contribution in [0, 0.1) is 17.2 Å². The van der Waals surface area contributed by atoms with Crippen LogP contribution in [-0.4, -0.2) is 41.0 Å². The van der Waals surface area contributed by atoms with Crippen LogP contribution in [0.2, 0.25) is 0 Å². The topological polar surface area (TPSA) is 103 Å². The molecule has 0 spiro atoms.